The number of methoxy groups -OCH3 is 1. The second-order valence-electron chi connectivity index (χ2n) is 4.65. The number of ether oxygens (including phenoxy) is 2. The molecule has 1 aromatic carbocycles. The molecule has 0 aliphatic carbocycles. The van der Waals surface area contributed by atoms with Crippen LogP contribution < -0.4 is 14.8 Å². The zero-order valence-corrected chi connectivity index (χ0v) is 10.9. The molecule has 0 bridgehead atoms. The van der Waals surface area contributed by atoms with Gasteiger partial charge < -0.3 is 14.8 Å². The minimum atomic E-state index is 0.613. The summed E-state index contributed by atoms with van der Waals surface area (Å²) >= 11 is 0. The van der Waals surface area contributed by atoms with Crippen LogP contribution in [0.15, 0.2) is 30.9 Å². The van der Waals surface area contributed by atoms with Gasteiger partial charge in [0, 0.05) is 12.5 Å². The highest BCUT2D eigenvalue weighted by atomic mass is 16.5. The second-order valence-corrected chi connectivity index (χ2v) is 4.65. The first-order valence-electron chi connectivity index (χ1n) is 6.45. The van der Waals surface area contributed by atoms with Gasteiger partial charge in [-0.05, 0) is 37.1 Å². The molecule has 1 N–H and O–H groups in total. The first-order valence-corrected chi connectivity index (χ1v) is 6.45. The van der Waals surface area contributed by atoms with Gasteiger partial charge in [-0.2, -0.15) is 0 Å². The van der Waals surface area contributed by atoms with E-state index < -0.39 is 0 Å². The zero-order chi connectivity index (χ0) is 12.8. The Morgan fingerprint density at radius 2 is 2.33 bits per heavy atom. The van der Waals surface area contributed by atoms with Crippen molar-refractivity contribution in [3.8, 4) is 11.5 Å². The zero-order valence-electron chi connectivity index (χ0n) is 10.9. The summed E-state index contributed by atoms with van der Waals surface area (Å²) in [5.74, 6) is 2.25. The highest BCUT2D eigenvalue weighted by Crippen LogP contribution is 2.29. The second kappa shape index (κ2) is 6.45. The summed E-state index contributed by atoms with van der Waals surface area (Å²) in [4.78, 5) is 0. The standard InChI is InChI=1S/C15H21NO2/c1-3-4-12-5-6-14(15(9-12)17-2)18-11-13-7-8-16-10-13/h3,5-6,9,13,16H,1,4,7-8,10-11H2,2H3/t13-/m0/s1. The molecular weight excluding hydrogens is 226 g/mol. The van der Waals surface area contributed by atoms with Gasteiger partial charge in [-0.25, -0.2) is 0 Å². The van der Waals surface area contributed by atoms with Crippen molar-refractivity contribution in [1.29, 1.82) is 0 Å². The molecule has 1 atom stereocenters. The molecule has 2 rings (SSSR count). The summed E-state index contributed by atoms with van der Waals surface area (Å²) in [7, 11) is 1.68. The third kappa shape index (κ3) is 3.26. The first kappa shape index (κ1) is 13.0. The molecule has 3 nitrogen and oxygen atoms in total. The fourth-order valence-corrected chi connectivity index (χ4v) is 2.19. The fraction of sp³-hybridized carbons (Fsp3) is 0.467. The molecule has 1 saturated heterocycles. The average Bonchev–Trinajstić information content (AvgIpc) is 2.90. The minimum Gasteiger partial charge on any atom is -0.493 e. The van der Waals surface area contributed by atoms with Gasteiger partial charge in [0.2, 0.25) is 0 Å². The highest BCUT2D eigenvalue weighted by molar-refractivity contribution is 5.43. The lowest BCUT2D eigenvalue weighted by atomic mass is 10.1. The molecular formula is C15H21NO2. The van der Waals surface area contributed by atoms with Gasteiger partial charge in [-0.15, -0.1) is 6.58 Å². The van der Waals surface area contributed by atoms with Gasteiger partial charge in [0.1, 0.15) is 0 Å². The van der Waals surface area contributed by atoms with E-state index >= 15 is 0 Å². The summed E-state index contributed by atoms with van der Waals surface area (Å²) in [6.45, 7) is 6.65. The van der Waals surface area contributed by atoms with Crippen molar-refractivity contribution in [2.75, 3.05) is 26.8 Å². The fourth-order valence-electron chi connectivity index (χ4n) is 2.19. The van der Waals surface area contributed by atoms with Crippen LogP contribution in [0.5, 0.6) is 11.5 Å². The van der Waals surface area contributed by atoms with Crippen molar-refractivity contribution in [2.45, 2.75) is 12.8 Å². The van der Waals surface area contributed by atoms with Gasteiger partial charge in [0.25, 0.3) is 0 Å². The topological polar surface area (TPSA) is 30.5 Å². The van der Waals surface area contributed by atoms with Gasteiger partial charge in [0.15, 0.2) is 11.5 Å². The number of hydrogen-bond donors (Lipinski definition) is 1. The Balaban J connectivity index is 1.99. The molecule has 0 unspecified atom stereocenters. The lowest BCUT2D eigenvalue weighted by Gasteiger charge is -2.14. The summed E-state index contributed by atoms with van der Waals surface area (Å²) in [6.07, 6.45) is 3.93. The Hall–Kier alpha value is -1.48. The van der Waals surface area contributed by atoms with Gasteiger partial charge >= 0.3 is 0 Å². The van der Waals surface area contributed by atoms with Crippen LogP contribution in [0, 0.1) is 5.92 Å². The number of rotatable bonds is 6. The predicted octanol–water partition coefficient (Wildman–Crippen LogP) is 2.41. The molecule has 1 aliphatic heterocycles. The third-order valence-corrected chi connectivity index (χ3v) is 3.24. The predicted molar refractivity (Wildman–Crippen MR) is 73.4 cm³/mol. The summed E-state index contributed by atoms with van der Waals surface area (Å²) in [5.41, 5.74) is 1.19. The Kier molecular flexibility index (Phi) is 4.65. The molecule has 18 heavy (non-hydrogen) atoms. The van der Waals surface area contributed by atoms with E-state index in [0.29, 0.717) is 5.92 Å². The summed E-state index contributed by atoms with van der Waals surface area (Å²) < 4.78 is 11.2. The van der Waals surface area contributed by atoms with Gasteiger partial charge in [-0.3, -0.25) is 0 Å². The van der Waals surface area contributed by atoms with E-state index in [-0.39, 0.29) is 0 Å². The Bertz CT molecular complexity index is 397. The van der Waals surface area contributed by atoms with Crippen LogP contribution in [0.2, 0.25) is 0 Å². The Morgan fingerprint density at radius 3 is 3.00 bits per heavy atom. The van der Waals surface area contributed by atoms with Crippen LogP contribution in [-0.2, 0) is 6.42 Å². The van der Waals surface area contributed by atoms with E-state index in [4.69, 9.17) is 9.47 Å². The maximum absolute atomic E-state index is 5.85. The lowest BCUT2D eigenvalue weighted by Crippen LogP contribution is -2.15. The Morgan fingerprint density at radius 1 is 1.44 bits per heavy atom. The molecule has 0 spiro atoms. The van der Waals surface area contributed by atoms with E-state index in [1.165, 1.54) is 12.0 Å². The summed E-state index contributed by atoms with van der Waals surface area (Å²) in [5, 5.41) is 3.34. The van der Waals surface area contributed by atoms with Crippen LogP contribution in [-0.4, -0.2) is 26.8 Å². The lowest BCUT2D eigenvalue weighted by molar-refractivity contribution is 0.247. The van der Waals surface area contributed by atoms with Crippen molar-refractivity contribution in [3.63, 3.8) is 0 Å². The van der Waals surface area contributed by atoms with E-state index in [0.717, 1.165) is 37.6 Å². The highest BCUT2D eigenvalue weighted by Gasteiger charge is 2.16. The molecule has 1 fully saturated rings. The van der Waals surface area contributed by atoms with Crippen molar-refractivity contribution in [3.05, 3.63) is 36.4 Å². The van der Waals surface area contributed by atoms with Crippen LogP contribution in [0.3, 0.4) is 0 Å². The van der Waals surface area contributed by atoms with Crippen molar-refractivity contribution in [1.82, 2.24) is 5.32 Å². The molecule has 1 aliphatic rings. The van der Waals surface area contributed by atoms with Gasteiger partial charge in [0.05, 0.1) is 13.7 Å². The van der Waals surface area contributed by atoms with E-state index in [2.05, 4.69) is 18.0 Å². The van der Waals surface area contributed by atoms with Crippen LogP contribution in [0.25, 0.3) is 0 Å². The van der Waals surface area contributed by atoms with Crippen LogP contribution >= 0.6 is 0 Å². The summed E-state index contributed by atoms with van der Waals surface area (Å²) in [6, 6.07) is 6.07. The van der Waals surface area contributed by atoms with Crippen molar-refractivity contribution in [2.24, 2.45) is 5.92 Å². The molecule has 98 valence electrons. The smallest absolute Gasteiger partial charge is 0.161 e. The monoisotopic (exact) mass is 247 g/mol. The molecule has 0 saturated carbocycles. The normalized spacial score (nSPS) is 18.6. The molecule has 3 heteroatoms. The minimum absolute atomic E-state index is 0.613. The molecule has 0 amide bonds. The average molecular weight is 247 g/mol. The maximum Gasteiger partial charge on any atom is 0.161 e. The van der Waals surface area contributed by atoms with Crippen LogP contribution in [0.1, 0.15) is 12.0 Å². The van der Waals surface area contributed by atoms with E-state index in [9.17, 15) is 0 Å². The van der Waals surface area contributed by atoms with E-state index in [1.807, 2.05) is 18.2 Å². The number of hydrogen-bond acceptors (Lipinski definition) is 3. The quantitative estimate of drug-likeness (QED) is 0.783. The molecule has 0 aromatic heterocycles. The number of nitrogens with one attached hydrogen (secondary N) is 1. The third-order valence-electron chi connectivity index (χ3n) is 3.24. The molecule has 1 aromatic rings. The molecule has 0 radical (unpaired) electrons. The first-order chi connectivity index (χ1) is 8.83. The molecule has 1 heterocycles. The van der Waals surface area contributed by atoms with E-state index in [1.54, 1.807) is 7.11 Å². The number of benzene rings is 1. The van der Waals surface area contributed by atoms with Crippen LogP contribution in [0.4, 0.5) is 0 Å². The van der Waals surface area contributed by atoms with Crippen molar-refractivity contribution < 1.29 is 9.47 Å². The maximum atomic E-state index is 5.85. The number of allylic oxidation sites excluding steroid dienone is 1. The van der Waals surface area contributed by atoms with Gasteiger partial charge in [-0.1, -0.05) is 12.1 Å². The van der Waals surface area contributed by atoms with Crippen molar-refractivity contribution >= 4 is 0 Å². The SMILES string of the molecule is C=CCc1ccc(OC[C@H]2CCNC2)c(OC)c1. The Labute approximate surface area is 109 Å². The largest absolute Gasteiger partial charge is 0.493 e.